The molecule has 1 aromatic rings. The third-order valence-corrected chi connectivity index (χ3v) is 2.07. The number of azide groups is 1. The van der Waals surface area contributed by atoms with Crippen LogP contribution in [0.3, 0.4) is 0 Å². The van der Waals surface area contributed by atoms with Crippen LogP contribution in [0.25, 0.3) is 10.4 Å². The number of benzene rings is 1. The highest BCUT2D eigenvalue weighted by atomic mass is 16.5. The molecular weight excluding hydrogens is 178 g/mol. The Morgan fingerprint density at radius 3 is 2.71 bits per heavy atom. The molecule has 1 rings (SSSR count). The summed E-state index contributed by atoms with van der Waals surface area (Å²) in [7, 11) is 1.61. The van der Waals surface area contributed by atoms with Crippen molar-refractivity contribution in [2.45, 2.75) is 19.4 Å². The van der Waals surface area contributed by atoms with E-state index >= 15 is 0 Å². The Bertz CT molecular complexity index is 367. The molecule has 0 unspecified atom stereocenters. The third kappa shape index (κ3) is 2.18. The average Bonchev–Trinajstić information content (AvgIpc) is 2.18. The topological polar surface area (TPSA) is 58.0 Å². The molecule has 0 aromatic heterocycles. The number of hydrogen-bond acceptors (Lipinski definition) is 2. The van der Waals surface area contributed by atoms with Gasteiger partial charge in [0, 0.05) is 4.91 Å². The molecule has 4 heteroatoms. The largest absolute Gasteiger partial charge is 0.497 e. The molecule has 0 aliphatic heterocycles. The summed E-state index contributed by atoms with van der Waals surface area (Å²) < 4.78 is 5.09. The number of rotatable bonds is 3. The van der Waals surface area contributed by atoms with Gasteiger partial charge in [0.1, 0.15) is 5.75 Å². The van der Waals surface area contributed by atoms with E-state index in [1.54, 1.807) is 7.11 Å². The summed E-state index contributed by atoms with van der Waals surface area (Å²) in [6.07, 6.45) is 0. The Hall–Kier alpha value is -1.67. The van der Waals surface area contributed by atoms with Gasteiger partial charge in [-0.25, -0.2) is 0 Å². The lowest BCUT2D eigenvalue weighted by atomic mass is 9.95. The Labute approximate surface area is 83.1 Å². The molecule has 14 heavy (non-hydrogen) atoms. The van der Waals surface area contributed by atoms with Crippen molar-refractivity contribution in [3.05, 3.63) is 40.3 Å². The second kappa shape index (κ2) is 4.03. The van der Waals surface area contributed by atoms with E-state index < -0.39 is 5.54 Å². The monoisotopic (exact) mass is 191 g/mol. The van der Waals surface area contributed by atoms with Gasteiger partial charge >= 0.3 is 0 Å². The number of methoxy groups -OCH3 is 1. The minimum atomic E-state index is -0.538. The Balaban J connectivity index is 3.11. The van der Waals surface area contributed by atoms with Gasteiger partial charge in [0.2, 0.25) is 0 Å². The molecule has 74 valence electrons. The summed E-state index contributed by atoms with van der Waals surface area (Å²) in [6.45, 7) is 3.73. The van der Waals surface area contributed by atoms with Gasteiger partial charge in [-0.2, -0.15) is 0 Å². The van der Waals surface area contributed by atoms with Gasteiger partial charge in [0.25, 0.3) is 0 Å². The molecule has 0 saturated heterocycles. The highest BCUT2D eigenvalue weighted by molar-refractivity contribution is 5.32. The summed E-state index contributed by atoms with van der Waals surface area (Å²) >= 11 is 0. The zero-order valence-electron chi connectivity index (χ0n) is 8.56. The molecular formula is C10H13N3O. The van der Waals surface area contributed by atoms with Gasteiger partial charge in [-0.15, -0.1) is 0 Å². The maximum Gasteiger partial charge on any atom is 0.119 e. The Kier molecular flexibility index (Phi) is 2.99. The van der Waals surface area contributed by atoms with Crippen molar-refractivity contribution < 1.29 is 4.74 Å². The lowest BCUT2D eigenvalue weighted by Crippen LogP contribution is -2.12. The predicted octanol–water partition coefficient (Wildman–Crippen LogP) is 3.24. The lowest BCUT2D eigenvalue weighted by Gasteiger charge is -2.18. The summed E-state index contributed by atoms with van der Waals surface area (Å²) in [4.78, 5) is 2.82. The molecule has 1 aromatic carbocycles. The Morgan fingerprint density at radius 1 is 1.43 bits per heavy atom. The Morgan fingerprint density at radius 2 is 2.14 bits per heavy atom. The highest BCUT2D eigenvalue weighted by Crippen LogP contribution is 2.27. The second-order valence-electron chi connectivity index (χ2n) is 3.48. The van der Waals surface area contributed by atoms with E-state index in [9.17, 15) is 0 Å². The molecule has 4 nitrogen and oxygen atoms in total. The molecule has 0 bridgehead atoms. The summed E-state index contributed by atoms with van der Waals surface area (Å²) in [5.41, 5.74) is 8.82. The minimum Gasteiger partial charge on any atom is -0.497 e. The van der Waals surface area contributed by atoms with Crippen LogP contribution in [0.1, 0.15) is 19.4 Å². The van der Waals surface area contributed by atoms with Crippen LogP contribution in [-0.2, 0) is 5.54 Å². The predicted molar refractivity (Wildman–Crippen MR) is 55.2 cm³/mol. The zero-order valence-corrected chi connectivity index (χ0v) is 8.56. The standard InChI is InChI=1S/C10H13N3O/c1-10(2,12-13-11)8-5-4-6-9(7-8)14-3/h4-7H,1-3H3. The van der Waals surface area contributed by atoms with Crippen LogP contribution in [-0.4, -0.2) is 7.11 Å². The molecule has 0 N–H and O–H groups in total. The molecule has 0 amide bonds. The van der Waals surface area contributed by atoms with E-state index in [0.717, 1.165) is 11.3 Å². The van der Waals surface area contributed by atoms with Gasteiger partial charge in [-0.3, -0.25) is 0 Å². The summed E-state index contributed by atoms with van der Waals surface area (Å²) in [5.74, 6) is 0.767. The fraction of sp³-hybridized carbons (Fsp3) is 0.400. The van der Waals surface area contributed by atoms with Crippen LogP contribution < -0.4 is 4.74 Å². The van der Waals surface area contributed by atoms with Crippen LogP contribution in [0.4, 0.5) is 0 Å². The third-order valence-electron chi connectivity index (χ3n) is 2.07. The maximum absolute atomic E-state index is 8.42. The lowest BCUT2D eigenvalue weighted by molar-refractivity contribution is 0.412. The van der Waals surface area contributed by atoms with Gasteiger partial charge in [0.15, 0.2) is 0 Å². The van der Waals surface area contributed by atoms with E-state index in [2.05, 4.69) is 10.0 Å². The fourth-order valence-corrected chi connectivity index (χ4v) is 1.17. The van der Waals surface area contributed by atoms with E-state index in [1.807, 2.05) is 38.1 Å². The molecule has 0 spiro atoms. The summed E-state index contributed by atoms with van der Waals surface area (Å²) in [6, 6.07) is 7.52. The molecule has 0 saturated carbocycles. The number of nitrogens with zero attached hydrogens (tertiary/aromatic N) is 3. The van der Waals surface area contributed by atoms with E-state index in [0.29, 0.717) is 0 Å². The number of hydrogen-bond donors (Lipinski definition) is 0. The van der Waals surface area contributed by atoms with Crippen LogP contribution in [0, 0.1) is 0 Å². The van der Waals surface area contributed by atoms with Gasteiger partial charge in [0.05, 0.1) is 12.6 Å². The maximum atomic E-state index is 8.42. The van der Waals surface area contributed by atoms with Crippen molar-refractivity contribution >= 4 is 0 Å². The van der Waals surface area contributed by atoms with Crippen LogP contribution >= 0.6 is 0 Å². The molecule has 0 radical (unpaired) electrons. The SMILES string of the molecule is COc1cccc(C(C)(C)N=[N+]=[N-])c1. The molecule has 0 heterocycles. The van der Waals surface area contributed by atoms with Gasteiger partial charge in [-0.1, -0.05) is 31.1 Å². The molecule has 0 atom stereocenters. The van der Waals surface area contributed by atoms with Gasteiger partial charge < -0.3 is 4.74 Å². The first kappa shape index (κ1) is 10.4. The first-order chi connectivity index (χ1) is 6.60. The highest BCUT2D eigenvalue weighted by Gasteiger charge is 2.18. The van der Waals surface area contributed by atoms with Crippen molar-refractivity contribution in [2.24, 2.45) is 5.11 Å². The molecule has 0 aliphatic rings. The van der Waals surface area contributed by atoms with Crippen molar-refractivity contribution in [3.63, 3.8) is 0 Å². The van der Waals surface area contributed by atoms with Crippen molar-refractivity contribution in [3.8, 4) is 5.75 Å². The normalized spacial score (nSPS) is 10.5. The van der Waals surface area contributed by atoms with Crippen molar-refractivity contribution in [1.29, 1.82) is 0 Å². The quantitative estimate of drug-likeness (QED) is 0.411. The van der Waals surface area contributed by atoms with E-state index in [4.69, 9.17) is 10.3 Å². The zero-order chi connectivity index (χ0) is 10.6. The first-order valence-electron chi connectivity index (χ1n) is 4.31. The fourth-order valence-electron chi connectivity index (χ4n) is 1.17. The van der Waals surface area contributed by atoms with E-state index in [-0.39, 0.29) is 0 Å². The van der Waals surface area contributed by atoms with Gasteiger partial charge in [-0.05, 0) is 23.2 Å². The smallest absolute Gasteiger partial charge is 0.119 e. The minimum absolute atomic E-state index is 0.538. The second-order valence-corrected chi connectivity index (χ2v) is 3.48. The van der Waals surface area contributed by atoms with Crippen LogP contribution in [0.2, 0.25) is 0 Å². The first-order valence-corrected chi connectivity index (χ1v) is 4.31. The molecule has 0 fully saturated rings. The van der Waals surface area contributed by atoms with Crippen LogP contribution in [0.5, 0.6) is 5.75 Å². The average molecular weight is 191 g/mol. The number of ether oxygens (including phenoxy) is 1. The van der Waals surface area contributed by atoms with E-state index in [1.165, 1.54) is 0 Å². The van der Waals surface area contributed by atoms with Crippen molar-refractivity contribution in [1.82, 2.24) is 0 Å². The van der Waals surface area contributed by atoms with Crippen LogP contribution in [0.15, 0.2) is 29.4 Å². The van der Waals surface area contributed by atoms with Crippen molar-refractivity contribution in [2.75, 3.05) is 7.11 Å². The molecule has 0 aliphatic carbocycles. The summed E-state index contributed by atoms with van der Waals surface area (Å²) in [5, 5.41) is 3.73.